The molecule has 0 amide bonds. The molecule has 0 fully saturated rings. The van der Waals surface area contributed by atoms with Gasteiger partial charge in [-0.2, -0.15) is 0 Å². The van der Waals surface area contributed by atoms with Crippen molar-refractivity contribution in [2.75, 3.05) is 31.8 Å². The number of ether oxygens (including phenoxy) is 2. The van der Waals surface area contributed by atoms with Crippen molar-refractivity contribution >= 4 is 27.7 Å². The number of rotatable bonds is 10. The van der Waals surface area contributed by atoms with Crippen LogP contribution in [0.4, 0.5) is 0 Å². The molecule has 0 aromatic carbocycles. The molecule has 0 unspecified atom stereocenters. The second-order valence-electron chi connectivity index (χ2n) is 2.83. The Morgan fingerprint density at radius 2 is 1.80 bits per heavy atom. The Bertz CT molecular complexity index is 195. The molecule has 0 atom stereocenters. The van der Waals surface area contributed by atoms with E-state index in [0.717, 1.165) is 0 Å². The van der Waals surface area contributed by atoms with Gasteiger partial charge < -0.3 is 14.6 Å². The minimum Gasteiger partial charge on any atom is -0.480 e. The van der Waals surface area contributed by atoms with Crippen LogP contribution in [-0.2, 0) is 19.1 Å². The Labute approximate surface area is 96.9 Å². The van der Waals surface area contributed by atoms with Crippen LogP contribution in [0.15, 0.2) is 0 Å². The van der Waals surface area contributed by atoms with Gasteiger partial charge in [-0.25, -0.2) is 4.79 Å². The molecular weight excluding hydrogens is 268 g/mol. The first kappa shape index (κ1) is 14.5. The number of alkyl halides is 1. The van der Waals surface area contributed by atoms with E-state index in [4.69, 9.17) is 14.6 Å². The monoisotopic (exact) mass is 282 g/mol. The number of aliphatic carboxylic acids is 1. The van der Waals surface area contributed by atoms with Gasteiger partial charge in [-0.15, -0.1) is 0 Å². The molecular formula is C9H15BrO5. The van der Waals surface area contributed by atoms with E-state index in [1.165, 1.54) is 0 Å². The molecule has 0 aromatic heterocycles. The van der Waals surface area contributed by atoms with Crippen molar-refractivity contribution in [2.24, 2.45) is 0 Å². The number of hydrogen-bond donors (Lipinski definition) is 1. The fraction of sp³-hybridized carbons (Fsp3) is 0.778. The highest BCUT2D eigenvalue weighted by Gasteiger charge is 1.99. The summed E-state index contributed by atoms with van der Waals surface area (Å²) in [6.07, 6.45) is 1.19. The van der Waals surface area contributed by atoms with Gasteiger partial charge in [0.2, 0.25) is 0 Å². The van der Waals surface area contributed by atoms with E-state index in [2.05, 4.69) is 15.9 Å². The predicted octanol–water partition coefficient (Wildman–Crippen LogP) is 0.848. The van der Waals surface area contributed by atoms with Gasteiger partial charge in [0.25, 0.3) is 0 Å². The van der Waals surface area contributed by atoms with E-state index < -0.39 is 5.97 Å². The molecule has 0 heterocycles. The maximum atomic E-state index is 10.8. The molecule has 0 aliphatic heterocycles. The molecule has 0 aliphatic rings. The zero-order valence-electron chi connectivity index (χ0n) is 8.41. The molecule has 0 bridgehead atoms. The van der Waals surface area contributed by atoms with Gasteiger partial charge in [-0.05, 0) is 6.42 Å². The van der Waals surface area contributed by atoms with E-state index in [-0.39, 0.29) is 19.0 Å². The van der Waals surface area contributed by atoms with Crippen molar-refractivity contribution in [2.45, 2.75) is 12.8 Å². The summed E-state index contributed by atoms with van der Waals surface area (Å²) in [5, 5.41) is 8.62. The first-order valence-corrected chi connectivity index (χ1v) is 5.74. The number of Topliss-reactive ketones (excluding diaryl/α,β-unsaturated/α-hetero) is 1. The minimum absolute atomic E-state index is 0.153. The van der Waals surface area contributed by atoms with Crippen molar-refractivity contribution in [3.8, 4) is 0 Å². The Morgan fingerprint density at radius 3 is 2.40 bits per heavy atom. The standard InChI is InChI=1S/C9H15BrO5/c10-6-8(11)2-1-3-14-4-5-15-7-9(12)13/h1-7H2,(H,12,13). The van der Waals surface area contributed by atoms with Crippen LogP contribution in [0, 0.1) is 0 Å². The fourth-order valence-electron chi connectivity index (χ4n) is 0.818. The number of halogens is 1. The van der Waals surface area contributed by atoms with Crippen LogP contribution in [0.1, 0.15) is 12.8 Å². The third-order valence-electron chi connectivity index (χ3n) is 1.49. The highest BCUT2D eigenvalue weighted by molar-refractivity contribution is 9.09. The third kappa shape index (κ3) is 11.5. The molecule has 0 radical (unpaired) electrons. The summed E-state index contributed by atoms with van der Waals surface area (Å²) in [6, 6.07) is 0. The number of hydrogen-bond acceptors (Lipinski definition) is 4. The molecule has 0 saturated carbocycles. The number of ketones is 1. The first-order chi connectivity index (χ1) is 7.16. The Kier molecular flexibility index (Phi) is 9.76. The second-order valence-corrected chi connectivity index (χ2v) is 3.40. The predicted molar refractivity (Wildman–Crippen MR) is 57.3 cm³/mol. The fourth-order valence-corrected chi connectivity index (χ4v) is 1.10. The number of carbonyl (C=O) groups is 2. The normalized spacial score (nSPS) is 10.2. The molecule has 0 aromatic rings. The van der Waals surface area contributed by atoms with Gasteiger partial charge in [0.1, 0.15) is 12.4 Å². The van der Waals surface area contributed by atoms with Gasteiger partial charge >= 0.3 is 5.97 Å². The molecule has 5 nitrogen and oxygen atoms in total. The maximum Gasteiger partial charge on any atom is 0.329 e. The van der Waals surface area contributed by atoms with Crippen LogP contribution < -0.4 is 0 Å². The van der Waals surface area contributed by atoms with Gasteiger partial charge in [0, 0.05) is 13.0 Å². The quantitative estimate of drug-likeness (QED) is 0.475. The van der Waals surface area contributed by atoms with Crippen LogP contribution >= 0.6 is 15.9 Å². The second kappa shape index (κ2) is 10.1. The molecule has 0 rings (SSSR count). The van der Waals surface area contributed by atoms with E-state index in [1.54, 1.807) is 0 Å². The lowest BCUT2D eigenvalue weighted by Gasteiger charge is -2.03. The zero-order valence-corrected chi connectivity index (χ0v) is 9.99. The minimum atomic E-state index is -0.988. The molecule has 88 valence electrons. The van der Waals surface area contributed by atoms with Crippen LogP contribution in [0.25, 0.3) is 0 Å². The van der Waals surface area contributed by atoms with E-state index >= 15 is 0 Å². The van der Waals surface area contributed by atoms with Gasteiger partial charge in [-0.1, -0.05) is 15.9 Å². The lowest BCUT2D eigenvalue weighted by molar-refractivity contribution is -0.142. The lowest BCUT2D eigenvalue weighted by Crippen LogP contribution is -2.12. The van der Waals surface area contributed by atoms with E-state index in [0.29, 0.717) is 31.4 Å². The summed E-state index contributed by atoms with van der Waals surface area (Å²) in [5.41, 5.74) is 0. The van der Waals surface area contributed by atoms with Gasteiger partial charge in [0.05, 0.1) is 18.5 Å². The van der Waals surface area contributed by atoms with Crippen LogP contribution in [0.3, 0.4) is 0 Å². The summed E-state index contributed by atoms with van der Waals surface area (Å²) >= 11 is 3.07. The van der Waals surface area contributed by atoms with Crippen molar-refractivity contribution in [3.05, 3.63) is 0 Å². The smallest absolute Gasteiger partial charge is 0.329 e. The highest BCUT2D eigenvalue weighted by Crippen LogP contribution is 1.95. The average Bonchev–Trinajstić information content (AvgIpc) is 2.21. The van der Waals surface area contributed by atoms with Crippen LogP contribution in [0.2, 0.25) is 0 Å². The lowest BCUT2D eigenvalue weighted by atomic mass is 10.2. The molecule has 0 aliphatic carbocycles. The Balaban J connectivity index is 3.05. The first-order valence-electron chi connectivity index (χ1n) is 4.61. The number of carbonyl (C=O) groups excluding carboxylic acids is 1. The number of carboxylic acids is 1. The highest BCUT2D eigenvalue weighted by atomic mass is 79.9. The van der Waals surface area contributed by atoms with E-state index in [9.17, 15) is 9.59 Å². The summed E-state index contributed by atoms with van der Waals surface area (Å²) in [6.45, 7) is 0.815. The third-order valence-corrected chi connectivity index (χ3v) is 2.12. The van der Waals surface area contributed by atoms with Crippen LogP contribution in [0.5, 0.6) is 0 Å². The number of carboxylic acid groups (broad SMARTS) is 1. The molecule has 6 heteroatoms. The van der Waals surface area contributed by atoms with Crippen molar-refractivity contribution in [3.63, 3.8) is 0 Å². The average molecular weight is 283 g/mol. The summed E-state index contributed by atoms with van der Waals surface area (Å²) < 4.78 is 9.87. The topological polar surface area (TPSA) is 72.8 Å². The van der Waals surface area contributed by atoms with Crippen molar-refractivity contribution in [1.29, 1.82) is 0 Å². The van der Waals surface area contributed by atoms with Gasteiger partial charge in [-0.3, -0.25) is 4.79 Å². The van der Waals surface area contributed by atoms with Crippen LogP contribution in [-0.4, -0.2) is 48.6 Å². The molecule has 15 heavy (non-hydrogen) atoms. The van der Waals surface area contributed by atoms with E-state index in [1.807, 2.05) is 0 Å². The molecule has 1 N–H and O–H groups in total. The van der Waals surface area contributed by atoms with Crippen molar-refractivity contribution < 1.29 is 24.2 Å². The van der Waals surface area contributed by atoms with Crippen molar-refractivity contribution in [1.82, 2.24) is 0 Å². The maximum absolute atomic E-state index is 10.8. The Hall–Kier alpha value is -0.460. The summed E-state index contributed by atoms with van der Waals surface area (Å²) in [4.78, 5) is 20.9. The summed E-state index contributed by atoms with van der Waals surface area (Å²) in [7, 11) is 0. The molecule has 0 saturated heterocycles. The summed E-state index contributed by atoms with van der Waals surface area (Å²) in [5.74, 6) is -0.835. The van der Waals surface area contributed by atoms with Gasteiger partial charge in [0.15, 0.2) is 0 Å². The largest absolute Gasteiger partial charge is 0.480 e. The molecule has 0 spiro atoms. The zero-order chi connectivity index (χ0) is 11.5. The Morgan fingerprint density at radius 1 is 1.13 bits per heavy atom. The SMILES string of the molecule is O=C(O)COCCOCCCC(=O)CBr.